The maximum Gasteiger partial charge on any atom is 0.274 e. The van der Waals surface area contributed by atoms with Gasteiger partial charge in [0.1, 0.15) is 17.2 Å². The van der Waals surface area contributed by atoms with Crippen LogP contribution < -0.4 is 19.7 Å². The summed E-state index contributed by atoms with van der Waals surface area (Å²) in [5.41, 5.74) is 1.96. The molecule has 2 aromatic carbocycles. The molecule has 7 nitrogen and oxygen atoms in total. The van der Waals surface area contributed by atoms with Gasteiger partial charge >= 0.3 is 0 Å². The summed E-state index contributed by atoms with van der Waals surface area (Å²) in [6, 6.07) is 16.9. The average Bonchev–Trinajstić information content (AvgIpc) is 2.78. The van der Waals surface area contributed by atoms with Gasteiger partial charge in [0, 0.05) is 25.4 Å². The number of anilines is 2. The number of aromatic nitrogens is 2. The Morgan fingerprint density at radius 3 is 2.55 bits per heavy atom. The number of hydrogen-bond donors (Lipinski definition) is 1. The van der Waals surface area contributed by atoms with Crippen molar-refractivity contribution >= 4 is 17.5 Å². The van der Waals surface area contributed by atoms with Gasteiger partial charge in [-0.25, -0.2) is 9.97 Å². The number of nitrogens with zero attached hydrogens (tertiary/aromatic N) is 3. The van der Waals surface area contributed by atoms with E-state index in [0.717, 1.165) is 5.56 Å². The normalized spacial score (nSPS) is 10.3. The summed E-state index contributed by atoms with van der Waals surface area (Å²) in [6.45, 7) is 3.41. The topological polar surface area (TPSA) is 76.6 Å². The van der Waals surface area contributed by atoms with Crippen LogP contribution in [0.4, 0.5) is 11.6 Å². The standard InChI is InChI=1S/C22H24N4O3/c1-4-26(15-16-8-6-5-7-9-16)22-23-13-12-19(25-22)21(27)24-18-11-10-17(28-2)14-20(18)29-3/h5-14H,4,15H2,1-3H3,(H,24,27). The first-order chi connectivity index (χ1) is 14.1. The van der Waals surface area contributed by atoms with Crippen LogP contribution in [0, 0.1) is 0 Å². The first kappa shape index (κ1) is 20.1. The van der Waals surface area contributed by atoms with Crippen LogP contribution in [-0.4, -0.2) is 36.6 Å². The third kappa shape index (κ3) is 5.01. The highest BCUT2D eigenvalue weighted by Gasteiger charge is 2.15. The number of carbonyl (C=O) groups excluding carboxylic acids is 1. The summed E-state index contributed by atoms with van der Waals surface area (Å²) in [5, 5.41) is 2.83. The van der Waals surface area contributed by atoms with E-state index >= 15 is 0 Å². The Labute approximate surface area is 170 Å². The van der Waals surface area contributed by atoms with Crippen LogP contribution in [0.1, 0.15) is 23.0 Å². The Morgan fingerprint density at radius 2 is 1.86 bits per heavy atom. The van der Waals surface area contributed by atoms with Crippen LogP contribution in [0.5, 0.6) is 11.5 Å². The van der Waals surface area contributed by atoms with Crippen molar-refractivity contribution in [1.29, 1.82) is 0 Å². The number of rotatable bonds is 8. The van der Waals surface area contributed by atoms with Gasteiger partial charge < -0.3 is 19.7 Å². The summed E-state index contributed by atoms with van der Waals surface area (Å²) in [7, 11) is 3.11. The number of ether oxygens (including phenoxy) is 2. The Bertz CT molecular complexity index is 963. The van der Waals surface area contributed by atoms with E-state index in [1.54, 1.807) is 37.6 Å². The fourth-order valence-corrected chi connectivity index (χ4v) is 2.84. The van der Waals surface area contributed by atoms with E-state index in [0.29, 0.717) is 36.2 Å². The number of carbonyl (C=O) groups is 1. The molecule has 3 rings (SSSR count). The number of nitrogens with one attached hydrogen (secondary N) is 1. The highest BCUT2D eigenvalue weighted by molar-refractivity contribution is 6.03. The quantitative estimate of drug-likeness (QED) is 0.629. The second kappa shape index (κ2) is 9.54. The van der Waals surface area contributed by atoms with Gasteiger partial charge in [-0.2, -0.15) is 0 Å². The number of benzene rings is 2. The minimum absolute atomic E-state index is 0.277. The molecule has 1 heterocycles. The van der Waals surface area contributed by atoms with Crippen molar-refractivity contribution < 1.29 is 14.3 Å². The predicted octanol–water partition coefficient (Wildman–Crippen LogP) is 3.77. The van der Waals surface area contributed by atoms with Crippen LogP contribution in [0.25, 0.3) is 0 Å². The molecule has 0 aliphatic heterocycles. The summed E-state index contributed by atoms with van der Waals surface area (Å²) >= 11 is 0. The van der Waals surface area contributed by atoms with Crippen LogP contribution in [0.15, 0.2) is 60.8 Å². The first-order valence-electron chi connectivity index (χ1n) is 9.30. The average molecular weight is 392 g/mol. The molecule has 7 heteroatoms. The van der Waals surface area contributed by atoms with Gasteiger partial charge in [0.2, 0.25) is 5.95 Å². The van der Waals surface area contributed by atoms with Gasteiger partial charge in [0.05, 0.1) is 19.9 Å². The summed E-state index contributed by atoms with van der Waals surface area (Å²) in [5.74, 6) is 1.31. The van der Waals surface area contributed by atoms with E-state index in [9.17, 15) is 4.79 Å². The molecule has 1 aromatic heterocycles. The molecule has 150 valence electrons. The van der Waals surface area contributed by atoms with Crippen molar-refractivity contribution in [3.05, 3.63) is 72.1 Å². The highest BCUT2D eigenvalue weighted by atomic mass is 16.5. The summed E-state index contributed by atoms with van der Waals surface area (Å²) < 4.78 is 10.5. The van der Waals surface area contributed by atoms with Crippen molar-refractivity contribution in [1.82, 2.24) is 9.97 Å². The van der Waals surface area contributed by atoms with Crippen LogP contribution in [-0.2, 0) is 6.54 Å². The molecule has 0 atom stereocenters. The maximum atomic E-state index is 12.8. The lowest BCUT2D eigenvalue weighted by Gasteiger charge is -2.21. The lowest BCUT2D eigenvalue weighted by Crippen LogP contribution is -2.25. The smallest absolute Gasteiger partial charge is 0.274 e. The van der Waals surface area contributed by atoms with Gasteiger partial charge in [-0.3, -0.25) is 4.79 Å². The molecular weight excluding hydrogens is 368 g/mol. The maximum absolute atomic E-state index is 12.8. The van der Waals surface area contributed by atoms with E-state index < -0.39 is 0 Å². The van der Waals surface area contributed by atoms with Crippen molar-refractivity contribution in [3.8, 4) is 11.5 Å². The zero-order valence-corrected chi connectivity index (χ0v) is 16.8. The second-order valence-corrected chi connectivity index (χ2v) is 6.26. The predicted molar refractivity (Wildman–Crippen MR) is 113 cm³/mol. The molecule has 0 aliphatic rings. The SMILES string of the molecule is CCN(Cc1ccccc1)c1nccc(C(=O)Nc2ccc(OC)cc2OC)n1. The highest BCUT2D eigenvalue weighted by Crippen LogP contribution is 2.29. The Morgan fingerprint density at radius 1 is 1.07 bits per heavy atom. The largest absolute Gasteiger partial charge is 0.497 e. The monoisotopic (exact) mass is 392 g/mol. The van der Waals surface area contributed by atoms with Crippen molar-refractivity contribution in [2.45, 2.75) is 13.5 Å². The van der Waals surface area contributed by atoms with Crippen molar-refractivity contribution in [2.24, 2.45) is 0 Å². The van der Waals surface area contributed by atoms with Gasteiger partial charge in [-0.1, -0.05) is 30.3 Å². The third-order valence-electron chi connectivity index (χ3n) is 4.41. The van der Waals surface area contributed by atoms with Gasteiger partial charge in [-0.15, -0.1) is 0 Å². The van der Waals surface area contributed by atoms with E-state index in [1.165, 1.54) is 7.11 Å². The van der Waals surface area contributed by atoms with E-state index in [1.807, 2.05) is 30.0 Å². The zero-order chi connectivity index (χ0) is 20.6. The van der Waals surface area contributed by atoms with Crippen LogP contribution >= 0.6 is 0 Å². The lowest BCUT2D eigenvalue weighted by atomic mass is 10.2. The first-order valence-corrected chi connectivity index (χ1v) is 9.30. The number of amides is 1. The number of methoxy groups -OCH3 is 2. The molecule has 1 N–H and O–H groups in total. The van der Waals surface area contributed by atoms with Gasteiger partial charge in [0.25, 0.3) is 5.91 Å². The van der Waals surface area contributed by atoms with Crippen LogP contribution in [0.2, 0.25) is 0 Å². The third-order valence-corrected chi connectivity index (χ3v) is 4.41. The molecule has 0 saturated carbocycles. The van der Waals surface area contributed by atoms with E-state index in [-0.39, 0.29) is 11.6 Å². The van der Waals surface area contributed by atoms with Gasteiger partial charge in [0.15, 0.2) is 0 Å². The lowest BCUT2D eigenvalue weighted by molar-refractivity contribution is 0.102. The molecular formula is C22H24N4O3. The molecule has 1 amide bonds. The molecule has 0 fully saturated rings. The molecule has 0 spiro atoms. The number of hydrogen-bond acceptors (Lipinski definition) is 6. The Hall–Kier alpha value is -3.61. The second-order valence-electron chi connectivity index (χ2n) is 6.26. The molecule has 0 unspecified atom stereocenters. The molecule has 29 heavy (non-hydrogen) atoms. The van der Waals surface area contributed by atoms with Gasteiger partial charge in [-0.05, 0) is 30.7 Å². The molecule has 0 aliphatic carbocycles. The summed E-state index contributed by atoms with van der Waals surface area (Å²) in [4.78, 5) is 23.6. The van der Waals surface area contributed by atoms with E-state index in [4.69, 9.17) is 9.47 Å². The van der Waals surface area contributed by atoms with E-state index in [2.05, 4.69) is 27.4 Å². The minimum atomic E-state index is -0.340. The fraction of sp³-hybridized carbons (Fsp3) is 0.227. The Kier molecular flexibility index (Phi) is 6.63. The molecule has 0 radical (unpaired) electrons. The van der Waals surface area contributed by atoms with Crippen molar-refractivity contribution in [2.75, 3.05) is 31.0 Å². The molecule has 0 bridgehead atoms. The molecule has 3 aromatic rings. The Balaban J connectivity index is 1.78. The summed E-state index contributed by atoms with van der Waals surface area (Å²) in [6.07, 6.45) is 1.59. The fourth-order valence-electron chi connectivity index (χ4n) is 2.84. The van der Waals surface area contributed by atoms with Crippen molar-refractivity contribution in [3.63, 3.8) is 0 Å². The van der Waals surface area contributed by atoms with Crippen LogP contribution in [0.3, 0.4) is 0 Å². The molecule has 0 saturated heterocycles. The minimum Gasteiger partial charge on any atom is -0.497 e. The zero-order valence-electron chi connectivity index (χ0n) is 16.8.